The lowest BCUT2D eigenvalue weighted by atomic mass is 10.3. The predicted molar refractivity (Wildman–Crippen MR) is 89.5 cm³/mol. The first-order chi connectivity index (χ1) is 10.7. The largest absolute Gasteiger partial charge is 0.342 e. The van der Waals surface area contributed by atoms with E-state index in [0.29, 0.717) is 0 Å². The van der Waals surface area contributed by atoms with Crippen LogP contribution in [0.15, 0.2) is 29.4 Å². The highest BCUT2D eigenvalue weighted by Gasteiger charge is 2.26. The number of rotatable bonds is 3. The smallest absolute Gasteiger partial charge is 0.235 e. The van der Waals surface area contributed by atoms with E-state index in [0.717, 1.165) is 41.6 Å². The number of aromatic nitrogens is 3. The lowest BCUT2D eigenvalue weighted by Crippen LogP contribution is -2.34. The second-order valence-corrected chi connectivity index (χ2v) is 7.78. The first-order valence-corrected chi connectivity index (χ1v) is 9.12. The molecule has 1 aliphatic rings. The summed E-state index contributed by atoms with van der Waals surface area (Å²) in [6.45, 7) is 3.74. The Morgan fingerprint density at radius 1 is 1.27 bits per heavy atom. The summed E-state index contributed by atoms with van der Waals surface area (Å²) in [7, 11) is 0. The van der Waals surface area contributed by atoms with E-state index in [1.54, 1.807) is 11.3 Å². The molecule has 4 rings (SSSR count). The summed E-state index contributed by atoms with van der Waals surface area (Å²) in [5.41, 5.74) is 1.11. The van der Waals surface area contributed by atoms with E-state index in [-0.39, 0.29) is 11.2 Å². The van der Waals surface area contributed by atoms with Crippen LogP contribution in [0.3, 0.4) is 0 Å². The molecule has 1 aromatic carbocycles. The Kier molecular flexibility index (Phi) is 3.54. The van der Waals surface area contributed by atoms with Crippen LogP contribution in [0, 0.1) is 0 Å². The van der Waals surface area contributed by atoms with Crippen LogP contribution in [0.1, 0.15) is 19.8 Å². The van der Waals surface area contributed by atoms with Crippen molar-refractivity contribution in [2.24, 2.45) is 0 Å². The van der Waals surface area contributed by atoms with Crippen molar-refractivity contribution in [1.82, 2.24) is 19.5 Å². The van der Waals surface area contributed by atoms with Crippen LogP contribution in [-0.4, -0.2) is 43.7 Å². The highest BCUT2D eigenvalue weighted by molar-refractivity contribution is 8.00. The standard InChI is InChI=1S/C15H16N4OS2/c1-10(13(20)18-8-4-5-9-18)21-14-16-17-15-19(14)11-6-2-3-7-12(11)22-15/h2-3,6-7,10H,4-5,8-9H2,1H3/t10-/m0/s1. The molecule has 1 amide bonds. The molecule has 1 aliphatic heterocycles. The van der Waals surface area contributed by atoms with Crippen LogP contribution in [0.2, 0.25) is 0 Å². The normalized spacial score (nSPS) is 16.7. The summed E-state index contributed by atoms with van der Waals surface area (Å²) >= 11 is 3.12. The molecule has 5 nitrogen and oxygen atoms in total. The molecule has 0 saturated carbocycles. The number of nitrogens with zero attached hydrogens (tertiary/aromatic N) is 4. The number of thioether (sulfide) groups is 1. The summed E-state index contributed by atoms with van der Waals surface area (Å²) in [5, 5.41) is 9.19. The van der Waals surface area contributed by atoms with E-state index in [1.807, 2.05) is 24.0 Å². The molecule has 0 bridgehead atoms. The van der Waals surface area contributed by atoms with Crippen LogP contribution in [0.4, 0.5) is 0 Å². The highest BCUT2D eigenvalue weighted by atomic mass is 32.2. The van der Waals surface area contributed by atoms with Gasteiger partial charge in [0.05, 0.1) is 15.5 Å². The first-order valence-electron chi connectivity index (χ1n) is 7.42. The zero-order valence-electron chi connectivity index (χ0n) is 12.2. The summed E-state index contributed by atoms with van der Waals surface area (Å²) < 4.78 is 3.24. The zero-order valence-corrected chi connectivity index (χ0v) is 13.9. The summed E-state index contributed by atoms with van der Waals surface area (Å²) in [5.74, 6) is 0.207. The SMILES string of the molecule is C[C@H](Sc1nnc2sc3ccccc3n12)C(=O)N1CCCC1. The molecule has 1 saturated heterocycles. The van der Waals surface area contributed by atoms with E-state index in [1.165, 1.54) is 16.5 Å². The van der Waals surface area contributed by atoms with Gasteiger partial charge in [-0.25, -0.2) is 0 Å². The number of carbonyl (C=O) groups is 1. The molecular weight excluding hydrogens is 316 g/mol. The van der Waals surface area contributed by atoms with Gasteiger partial charge in [0.25, 0.3) is 0 Å². The molecule has 22 heavy (non-hydrogen) atoms. The Bertz CT molecular complexity index is 834. The highest BCUT2D eigenvalue weighted by Crippen LogP contribution is 2.31. The molecule has 1 atom stereocenters. The molecule has 3 heterocycles. The number of fused-ring (bicyclic) bond motifs is 3. The van der Waals surface area contributed by atoms with Gasteiger partial charge in [-0.15, -0.1) is 10.2 Å². The number of amides is 1. The van der Waals surface area contributed by atoms with Crippen molar-refractivity contribution in [2.45, 2.75) is 30.2 Å². The number of para-hydroxylation sites is 1. The first kappa shape index (κ1) is 14.0. The Balaban J connectivity index is 1.64. The average Bonchev–Trinajstić information content (AvgIpc) is 3.23. The van der Waals surface area contributed by atoms with Gasteiger partial charge < -0.3 is 4.90 Å². The Labute approximate surface area is 136 Å². The van der Waals surface area contributed by atoms with Crippen LogP contribution >= 0.6 is 23.1 Å². The lowest BCUT2D eigenvalue weighted by Gasteiger charge is -2.19. The molecular formula is C15H16N4OS2. The van der Waals surface area contributed by atoms with Gasteiger partial charge in [-0.3, -0.25) is 9.20 Å². The maximum absolute atomic E-state index is 12.5. The number of likely N-dealkylation sites (tertiary alicyclic amines) is 1. The molecule has 0 aliphatic carbocycles. The van der Waals surface area contributed by atoms with E-state index in [9.17, 15) is 4.79 Å². The average molecular weight is 332 g/mol. The Morgan fingerprint density at radius 3 is 2.86 bits per heavy atom. The van der Waals surface area contributed by atoms with E-state index in [2.05, 4.69) is 26.7 Å². The van der Waals surface area contributed by atoms with Gasteiger partial charge in [0.15, 0.2) is 5.16 Å². The molecule has 0 radical (unpaired) electrons. The maximum Gasteiger partial charge on any atom is 0.235 e. The summed E-state index contributed by atoms with van der Waals surface area (Å²) in [6.07, 6.45) is 2.24. The maximum atomic E-state index is 12.5. The van der Waals surface area contributed by atoms with Crippen molar-refractivity contribution in [2.75, 3.05) is 13.1 Å². The van der Waals surface area contributed by atoms with Gasteiger partial charge in [-0.2, -0.15) is 0 Å². The van der Waals surface area contributed by atoms with Crippen molar-refractivity contribution >= 4 is 44.2 Å². The molecule has 7 heteroatoms. The fourth-order valence-electron chi connectivity index (χ4n) is 2.83. The van der Waals surface area contributed by atoms with Gasteiger partial charge in [0.1, 0.15) is 0 Å². The fraction of sp³-hybridized carbons (Fsp3) is 0.400. The van der Waals surface area contributed by atoms with Crippen molar-refractivity contribution in [3.8, 4) is 0 Å². The van der Waals surface area contributed by atoms with E-state index in [4.69, 9.17) is 0 Å². The second kappa shape index (κ2) is 5.55. The third kappa shape index (κ3) is 2.28. The quantitative estimate of drug-likeness (QED) is 0.692. The Hall–Kier alpha value is -1.60. The third-order valence-electron chi connectivity index (χ3n) is 3.96. The number of benzene rings is 1. The number of thiazole rings is 1. The summed E-state index contributed by atoms with van der Waals surface area (Å²) in [4.78, 5) is 15.3. The molecule has 0 unspecified atom stereocenters. The number of carbonyl (C=O) groups excluding carboxylic acids is 1. The minimum atomic E-state index is -0.135. The van der Waals surface area contributed by atoms with Crippen LogP contribution in [0.5, 0.6) is 0 Å². The third-order valence-corrected chi connectivity index (χ3v) is 6.00. The van der Waals surface area contributed by atoms with Crippen molar-refractivity contribution in [3.63, 3.8) is 0 Å². The molecule has 114 valence electrons. The molecule has 0 N–H and O–H groups in total. The van der Waals surface area contributed by atoms with Crippen LogP contribution in [-0.2, 0) is 4.79 Å². The van der Waals surface area contributed by atoms with Crippen molar-refractivity contribution in [3.05, 3.63) is 24.3 Å². The minimum absolute atomic E-state index is 0.135. The molecule has 1 fully saturated rings. The van der Waals surface area contributed by atoms with Crippen LogP contribution in [0.25, 0.3) is 15.2 Å². The van der Waals surface area contributed by atoms with Gasteiger partial charge >= 0.3 is 0 Å². The lowest BCUT2D eigenvalue weighted by molar-refractivity contribution is -0.129. The van der Waals surface area contributed by atoms with Gasteiger partial charge in [-0.1, -0.05) is 35.2 Å². The monoisotopic (exact) mass is 332 g/mol. The predicted octanol–water partition coefficient (Wildman–Crippen LogP) is 3.05. The number of hydrogen-bond acceptors (Lipinski definition) is 5. The van der Waals surface area contributed by atoms with Gasteiger partial charge in [-0.05, 0) is 31.9 Å². The van der Waals surface area contributed by atoms with Crippen molar-refractivity contribution in [1.29, 1.82) is 0 Å². The molecule has 0 spiro atoms. The van der Waals surface area contributed by atoms with E-state index < -0.39 is 0 Å². The topological polar surface area (TPSA) is 50.5 Å². The second-order valence-electron chi connectivity index (χ2n) is 5.46. The molecule has 3 aromatic rings. The fourth-order valence-corrected chi connectivity index (χ4v) is 4.80. The Morgan fingerprint density at radius 2 is 2.05 bits per heavy atom. The zero-order chi connectivity index (χ0) is 15.1. The number of hydrogen-bond donors (Lipinski definition) is 0. The van der Waals surface area contributed by atoms with E-state index >= 15 is 0 Å². The van der Waals surface area contributed by atoms with Crippen LogP contribution < -0.4 is 0 Å². The van der Waals surface area contributed by atoms with Gasteiger partial charge in [0, 0.05) is 13.1 Å². The van der Waals surface area contributed by atoms with Gasteiger partial charge in [0.2, 0.25) is 10.9 Å². The van der Waals surface area contributed by atoms with Crippen molar-refractivity contribution < 1.29 is 4.79 Å². The molecule has 2 aromatic heterocycles. The summed E-state index contributed by atoms with van der Waals surface area (Å²) in [6, 6.07) is 8.20. The minimum Gasteiger partial charge on any atom is -0.342 e.